The molecule has 0 saturated heterocycles. The standard InChI is InChI=1S/C15H15NO4S/c1-16(12-4-3-5-13(17)10-12)15(18)11-6-8-14(9-7-11)21(2,19)20/h3-10,17H,1-2H3. The Bertz CT molecular complexity index is 767. The highest BCUT2D eigenvalue weighted by Gasteiger charge is 2.15. The molecule has 6 heteroatoms. The van der Waals surface area contributed by atoms with E-state index in [1.807, 2.05) is 0 Å². The van der Waals surface area contributed by atoms with Gasteiger partial charge in [-0.05, 0) is 36.4 Å². The molecule has 0 aromatic heterocycles. The van der Waals surface area contributed by atoms with E-state index in [1.165, 1.54) is 41.3 Å². The van der Waals surface area contributed by atoms with E-state index in [2.05, 4.69) is 0 Å². The second-order valence-electron chi connectivity index (χ2n) is 4.68. The maximum atomic E-state index is 12.3. The van der Waals surface area contributed by atoms with Crippen molar-refractivity contribution in [2.24, 2.45) is 0 Å². The number of rotatable bonds is 3. The molecule has 0 bridgehead atoms. The number of phenolic OH excluding ortho intramolecular Hbond substituents is 1. The average Bonchev–Trinajstić information content (AvgIpc) is 2.45. The lowest BCUT2D eigenvalue weighted by Gasteiger charge is -2.17. The third-order valence-corrected chi connectivity index (χ3v) is 4.18. The van der Waals surface area contributed by atoms with Gasteiger partial charge in [-0.2, -0.15) is 0 Å². The van der Waals surface area contributed by atoms with Crippen LogP contribution in [0.15, 0.2) is 53.4 Å². The first-order chi connectivity index (χ1) is 9.79. The van der Waals surface area contributed by atoms with Crippen LogP contribution in [0.1, 0.15) is 10.4 Å². The Morgan fingerprint density at radius 3 is 2.24 bits per heavy atom. The number of carbonyl (C=O) groups is 1. The van der Waals surface area contributed by atoms with Crippen LogP contribution >= 0.6 is 0 Å². The molecule has 0 atom stereocenters. The molecule has 0 spiro atoms. The molecule has 0 radical (unpaired) electrons. The summed E-state index contributed by atoms with van der Waals surface area (Å²) >= 11 is 0. The van der Waals surface area contributed by atoms with E-state index in [9.17, 15) is 18.3 Å². The molecule has 0 aliphatic carbocycles. The number of sulfone groups is 1. The van der Waals surface area contributed by atoms with Crippen LogP contribution in [0.25, 0.3) is 0 Å². The van der Waals surface area contributed by atoms with Gasteiger partial charge in [0.05, 0.1) is 4.90 Å². The van der Waals surface area contributed by atoms with Crippen molar-refractivity contribution in [3.63, 3.8) is 0 Å². The number of aromatic hydroxyl groups is 1. The van der Waals surface area contributed by atoms with E-state index in [0.29, 0.717) is 11.3 Å². The van der Waals surface area contributed by atoms with Gasteiger partial charge in [0, 0.05) is 30.6 Å². The topological polar surface area (TPSA) is 74.7 Å². The molecular formula is C15H15NO4S. The van der Waals surface area contributed by atoms with Crippen LogP contribution < -0.4 is 4.90 Å². The zero-order valence-corrected chi connectivity index (χ0v) is 12.5. The molecular weight excluding hydrogens is 290 g/mol. The molecule has 0 aliphatic rings. The second kappa shape index (κ2) is 5.57. The summed E-state index contributed by atoms with van der Waals surface area (Å²) in [5.41, 5.74) is 0.917. The number of anilines is 1. The third kappa shape index (κ3) is 3.41. The molecule has 1 N–H and O–H groups in total. The third-order valence-electron chi connectivity index (χ3n) is 3.05. The Kier molecular flexibility index (Phi) is 3.99. The van der Waals surface area contributed by atoms with Gasteiger partial charge in [0.15, 0.2) is 9.84 Å². The van der Waals surface area contributed by atoms with Gasteiger partial charge in [0.2, 0.25) is 0 Å². The van der Waals surface area contributed by atoms with E-state index in [-0.39, 0.29) is 16.6 Å². The van der Waals surface area contributed by atoms with Gasteiger partial charge in [0.25, 0.3) is 5.91 Å². The Labute approximate surface area is 123 Å². The molecule has 0 heterocycles. The van der Waals surface area contributed by atoms with Gasteiger partial charge in [-0.25, -0.2) is 8.42 Å². The number of carbonyl (C=O) groups excluding carboxylic acids is 1. The summed E-state index contributed by atoms with van der Waals surface area (Å²) in [4.78, 5) is 13.9. The summed E-state index contributed by atoms with van der Waals surface area (Å²) in [6, 6.07) is 12.1. The van der Waals surface area contributed by atoms with E-state index < -0.39 is 9.84 Å². The summed E-state index contributed by atoms with van der Waals surface area (Å²) in [5.74, 6) is -0.222. The number of amides is 1. The van der Waals surface area contributed by atoms with Crippen LogP contribution in [0.3, 0.4) is 0 Å². The molecule has 0 fully saturated rings. The first kappa shape index (κ1) is 15.1. The lowest BCUT2D eigenvalue weighted by Crippen LogP contribution is -2.26. The molecule has 1 amide bonds. The van der Waals surface area contributed by atoms with E-state index in [0.717, 1.165) is 6.26 Å². The zero-order chi connectivity index (χ0) is 15.6. The highest BCUT2D eigenvalue weighted by atomic mass is 32.2. The number of benzene rings is 2. The van der Waals surface area contributed by atoms with Gasteiger partial charge in [0.1, 0.15) is 5.75 Å². The van der Waals surface area contributed by atoms with Crippen molar-refractivity contribution in [3.05, 3.63) is 54.1 Å². The molecule has 0 saturated carbocycles. The van der Waals surface area contributed by atoms with E-state index in [1.54, 1.807) is 19.2 Å². The smallest absolute Gasteiger partial charge is 0.258 e. The minimum atomic E-state index is -3.28. The molecule has 0 aliphatic heterocycles. The van der Waals surface area contributed by atoms with Gasteiger partial charge in [-0.1, -0.05) is 6.07 Å². The monoisotopic (exact) mass is 305 g/mol. The van der Waals surface area contributed by atoms with Gasteiger partial charge < -0.3 is 10.0 Å². The minimum Gasteiger partial charge on any atom is -0.508 e. The lowest BCUT2D eigenvalue weighted by atomic mass is 10.2. The maximum Gasteiger partial charge on any atom is 0.258 e. The van der Waals surface area contributed by atoms with Crippen LogP contribution in [-0.2, 0) is 9.84 Å². The first-order valence-corrected chi connectivity index (χ1v) is 8.05. The second-order valence-corrected chi connectivity index (χ2v) is 6.70. The summed E-state index contributed by atoms with van der Waals surface area (Å²) in [6.07, 6.45) is 1.11. The van der Waals surface area contributed by atoms with Crippen molar-refractivity contribution in [1.82, 2.24) is 0 Å². The Morgan fingerprint density at radius 1 is 1.10 bits per heavy atom. The Hall–Kier alpha value is -2.34. The summed E-state index contributed by atoms with van der Waals surface area (Å²) in [6.45, 7) is 0. The summed E-state index contributed by atoms with van der Waals surface area (Å²) in [5, 5.41) is 9.44. The predicted molar refractivity (Wildman–Crippen MR) is 80.4 cm³/mol. The number of nitrogens with zero attached hydrogens (tertiary/aromatic N) is 1. The predicted octanol–water partition coefficient (Wildman–Crippen LogP) is 2.07. The highest BCUT2D eigenvalue weighted by molar-refractivity contribution is 7.90. The number of hydrogen-bond donors (Lipinski definition) is 1. The fourth-order valence-corrected chi connectivity index (χ4v) is 2.49. The molecule has 110 valence electrons. The van der Waals surface area contributed by atoms with Crippen LogP contribution in [0.5, 0.6) is 5.75 Å². The molecule has 2 aromatic rings. The van der Waals surface area contributed by atoms with Crippen molar-refractivity contribution >= 4 is 21.4 Å². The van der Waals surface area contributed by atoms with E-state index >= 15 is 0 Å². The Morgan fingerprint density at radius 2 is 1.71 bits per heavy atom. The first-order valence-electron chi connectivity index (χ1n) is 6.16. The maximum absolute atomic E-state index is 12.3. The molecule has 0 unspecified atom stereocenters. The van der Waals surface area contributed by atoms with Crippen LogP contribution in [0.2, 0.25) is 0 Å². The minimum absolute atomic E-state index is 0.0691. The average molecular weight is 305 g/mol. The zero-order valence-electron chi connectivity index (χ0n) is 11.6. The van der Waals surface area contributed by atoms with Gasteiger partial charge in [-0.15, -0.1) is 0 Å². The number of phenols is 1. The van der Waals surface area contributed by atoms with Gasteiger partial charge in [-0.3, -0.25) is 4.79 Å². The van der Waals surface area contributed by atoms with Crippen molar-refractivity contribution in [2.75, 3.05) is 18.2 Å². The lowest BCUT2D eigenvalue weighted by molar-refractivity contribution is 0.0993. The largest absolute Gasteiger partial charge is 0.508 e. The van der Waals surface area contributed by atoms with Crippen LogP contribution in [-0.4, -0.2) is 32.7 Å². The van der Waals surface area contributed by atoms with Gasteiger partial charge >= 0.3 is 0 Å². The molecule has 5 nitrogen and oxygen atoms in total. The van der Waals surface area contributed by atoms with E-state index in [4.69, 9.17) is 0 Å². The normalized spacial score (nSPS) is 11.1. The molecule has 21 heavy (non-hydrogen) atoms. The van der Waals surface area contributed by atoms with Crippen LogP contribution in [0, 0.1) is 0 Å². The van der Waals surface area contributed by atoms with Crippen molar-refractivity contribution in [1.29, 1.82) is 0 Å². The highest BCUT2D eigenvalue weighted by Crippen LogP contribution is 2.21. The summed E-state index contributed by atoms with van der Waals surface area (Å²) in [7, 11) is -1.70. The molecule has 2 aromatic carbocycles. The van der Waals surface area contributed by atoms with Crippen molar-refractivity contribution < 1.29 is 18.3 Å². The number of hydrogen-bond acceptors (Lipinski definition) is 4. The SMILES string of the molecule is CN(C(=O)c1ccc(S(C)(=O)=O)cc1)c1cccc(O)c1. The van der Waals surface area contributed by atoms with Crippen molar-refractivity contribution in [2.45, 2.75) is 4.90 Å². The fraction of sp³-hybridized carbons (Fsp3) is 0.133. The quantitative estimate of drug-likeness (QED) is 0.942. The Balaban J connectivity index is 2.28. The van der Waals surface area contributed by atoms with Crippen molar-refractivity contribution in [3.8, 4) is 5.75 Å². The summed E-state index contributed by atoms with van der Waals surface area (Å²) < 4.78 is 22.8. The fourth-order valence-electron chi connectivity index (χ4n) is 1.86. The van der Waals surface area contributed by atoms with Crippen LogP contribution in [0.4, 0.5) is 5.69 Å². The molecule has 2 rings (SSSR count).